The maximum absolute atomic E-state index is 13.4. The van der Waals surface area contributed by atoms with E-state index < -0.39 is 23.1 Å². The number of benzene rings is 1. The van der Waals surface area contributed by atoms with Gasteiger partial charge in [-0.1, -0.05) is 6.07 Å². The first-order valence-corrected chi connectivity index (χ1v) is 6.74. The van der Waals surface area contributed by atoms with Gasteiger partial charge in [0.15, 0.2) is 11.6 Å². The van der Waals surface area contributed by atoms with Gasteiger partial charge in [-0.3, -0.25) is 0 Å². The van der Waals surface area contributed by atoms with Crippen LogP contribution in [0.3, 0.4) is 0 Å². The van der Waals surface area contributed by atoms with Crippen LogP contribution < -0.4 is 10.6 Å². The Kier molecular flexibility index (Phi) is 5.08. The van der Waals surface area contributed by atoms with Gasteiger partial charge in [0.1, 0.15) is 0 Å². The second kappa shape index (κ2) is 6.82. The molecule has 0 saturated carbocycles. The predicted octanol–water partition coefficient (Wildman–Crippen LogP) is 1.88. The third kappa shape index (κ3) is 3.89. The molecule has 5 nitrogen and oxygen atoms in total. The molecule has 1 aromatic rings. The standard InChI is InChI=1S/C14H18F2N2O3/c15-10-2-1-3-11(12(10)16)18-13(20)17-8-14(9-19)4-6-21-7-5-14/h1-3,19H,4-9H2,(H2,17,18,20). The van der Waals surface area contributed by atoms with Gasteiger partial charge in [0.25, 0.3) is 0 Å². The summed E-state index contributed by atoms with van der Waals surface area (Å²) in [7, 11) is 0. The van der Waals surface area contributed by atoms with E-state index in [2.05, 4.69) is 10.6 Å². The molecule has 0 atom stereocenters. The van der Waals surface area contributed by atoms with E-state index in [-0.39, 0.29) is 18.8 Å². The van der Waals surface area contributed by atoms with Crippen molar-refractivity contribution in [1.82, 2.24) is 5.32 Å². The van der Waals surface area contributed by atoms with Crippen LogP contribution in [0.25, 0.3) is 0 Å². The van der Waals surface area contributed by atoms with E-state index in [4.69, 9.17) is 4.74 Å². The van der Waals surface area contributed by atoms with Crippen LogP contribution in [0.5, 0.6) is 0 Å². The fraction of sp³-hybridized carbons (Fsp3) is 0.500. The van der Waals surface area contributed by atoms with Crippen LogP contribution in [0.2, 0.25) is 0 Å². The van der Waals surface area contributed by atoms with Crippen molar-refractivity contribution in [2.45, 2.75) is 12.8 Å². The number of anilines is 1. The van der Waals surface area contributed by atoms with Crippen molar-refractivity contribution in [2.75, 3.05) is 31.7 Å². The van der Waals surface area contributed by atoms with Gasteiger partial charge in [-0.2, -0.15) is 0 Å². The smallest absolute Gasteiger partial charge is 0.319 e. The molecule has 116 valence electrons. The Hall–Kier alpha value is -1.73. The van der Waals surface area contributed by atoms with Gasteiger partial charge in [0.05, 0.1) is 12.3 Å². The second-order valence-electron chi connectivity index (χ2n) is 5.18. The van der Waals surface area contributed by atoms with Gasteiger partial charge in [0, 0.05) is 25.2 Å². The third-order valence-corrected chi connectivity index (χ3v) is 3.71. The SMILES string of the molecule is O=C(NCC1(CO)CCOCC1)Nc1cccc(F)c1F. The zero-order chi connectivity index (χ0) is 15.3. The van der Waals surface area contributed by atoms with Crippen LogP contribution in [0.15, 0.2) is 18.2 Å². The molecule has 0 spiro atoms. The summed E-state index contributed by atoms with van der Waals surface area (Å²) in [5, 5.41) is 14.3. The number of ether oxygens (including phenoxy) is 1. The quantitative estimate of drug-likeness (QED) is 0.795. The van der Waals surface area contributed by atoms with Crippen molar-refractivity contribution in [2.24, 2.45) is 5.41 Å². The van der Waals surface area contributed by atoms with Crippen molar-refractivity contribution in [1.29, 1.82) is 0 Å². The maximum Gasteiger partial charge on any atom is 0.319 e. The predicted molar refractivity (Wildman–Crippen MR) is 73.0 cm³/mol. The highest BCUT2D eigenvalue weighted by atomic mass is 19.2. The number of aliphatic hydroxyl groups is 1. The normalized spacial score (nSPS) is 17.3. The van der Waals surface area contributed by atoms with Crippen molar-refractivity contribution >= 4 is 11.7 Å². The van der Waals surface area contributed by atoms with E-state index in [1.807, 2.05) is 0 Å². The van der Waals surface area contributed by atoms with Crippen LogP contribution in [0, 0.1) is 17.0 Å². The van der Waals surface area contributed by atoms with Crippen LogP contribution >= 0.6 is 0 Å². The minimum atomic E-state index is -1.10. The summed E-state index contributed by atoms with van der Waals surface area (Å²) in [4.78, 5) is 11.8. The van der Waals surface area contributed by atoms with Crippen molar-refractivity contribution in [3.05, 3.63) is 29.8 Å². The van der Waals surface area contributed by atoms with Crippen LogP contribution in [0.1, 0.15) is 12.8 Å². The molecule has 1 aliphatic rings. The van der Waals surface area contributed by atoms with Gasteiger partial charge >= 0.3 is 6.03 Å². The zero-order valence-corrected chi connectivity index (χ0v) is 11.5. The lowest BCUT2D eigenvalue weighted by molar-refractivity contribution is -0.0136. The zero-order valence-electron chi connectivity index (χ0n) is 11.5. The minimum absolute atomic E-state index is 0.0645. The number of hydrogen-bond donors (Lipinski definition) is 3. The molecule has 1 fully saturated rings. The van der Waals surface area contributed by atoms with Gasteiger partial charge in [-0.05, 0) is 25.0 Å². The summed E-state index contributed by atoms with van der Waals surface area (Å²) in [5.74, 6) is -2.13. The fourth-order valence-corrected chi connectivity index (χ4v) is 2.23. The van der Waals surface area contributed by atoms with E-state index >= 15 is 0 Å². The number of carbonyl (C=O) groups is 1. The average Bonchev–Trinajstić information content (AvgIpc) is 2.51. The molecule has 3 N–H and O–H groups in total. The lowest BCUT2D eigenvalue weighted by Gasteiger charge is -2.35. The first-order valence-electron chi connectivity index (χ1n) is 6.74. The molecule has 0 aromatic heterocycles. The number of aliphatic hydroxyl groups excluding tert-OH is 1. The Bertz CT molecular complexity index is 505. The molecule has 21 heavy (non-hydrogen) atoms. The summed E-state index contributed by atoms with van der Waals surface area (Å²) >= 11 is 0. The molecule has 0 radical (unpaired) electrons. The van der Waals surface area contributed by atoms with Crippen molar-refractivity contribution in [3.63, 3.8) is 0 Å². The second-order valence-corrected chi connectivity index (χ2v) is 5.18. The van der Waals surface area contributed by atoms with Gasteiger partial charge in [0.2, 0.25) is 0 Å². The highest BCUT2D eigenvalue weighted by Gasteiger charge is 2.32. The monoisotopic (exact) mass is 300 g/mol. The van der Waals surface area contributed by atoms with E-state index in [9.17, 15) is 18.7 Å². The molecule has 7 heteroatoms. The Labute approximate surface area is 121 Å². The molecule has 1 heterocycles. The molecule has 0 aliphatic carbocycles. The van der Waals surface area contributed by atoms with Gasteiger partial charge in [-0.25, -0.2) is 13.6 Å². The summed E-state index contributed by atoms with van der Waals surface area (Å²) in [5.41, 5.74) is -0.645. The Balaban J connectivity index is 1.91. The summed E-state index contributed by atoms with van der Waals surface area (Å²) < 4.78 is 31.7. The fourth-order valence-electron chi connectivity index (χ4n) is 2.23. The third-order valence-electron chi connectivity index (χ3n) is 3.71. The number of urea groups is 1. The molecule has 0 bridgehead atoms. The molecule has 2 amide bonds. The van der Waals surface area contributed by atoms with E-state index in [0.717, 1.165) is 6.07 Å². The van der Waals surface area contributed by atoms with Crippen molar-refractivity contribution in [3.8, 4) is 0 Å². The molecule has 0 unspecified atom stereocenters. The Morgan fingerprint density at radius 2 is 2.05 bits per heavy atom. The first-order chi connectivity index (χ1) is 10.1. The molecule has 2 rings (SSSR count). The number of rotatable bonds is 4. The summed E-state index contributed by atoms with van der Waals surface area (Å²) in [6.07, 6.45) is 1.27. The highest BCUT2D eigenvalue weighted by Crippen LogP contribution is 2.29. The number of halogens is 2. The van der Waals surface area contributed by atoms with Crippen molar-refractivity contribution < 1.29 is 23.4 Å². The topological polar surface area (TPSA) is 70.6 Å². The van der Waals surface area contributed by atoms with E-state index in [1.54, 1.807) is 0 Å². The molecular weight excluding hydrogens is 282 g/mol. The summed E-state index contributed by atoms with van der Waals surface area (Å²) in [6.45, 7) is 1.24. The van der Waals surface area contributed by atoms with E-state index in [0.29, 0.717) is 26.1 Å². The first kappa shape index (κ1) is 15.7. The maximum atomic E-state index is 13.4. The minimum Gasteiger partial charge on any atom is -0.396 e. The molecule has 1 aromatic carbocycles. The molecular formula is C14H18F2N2O3. The number of hydrogen-bond acceptors (Lipinski definition) is 3. The largest absolute Gasteiger partial charge is 0.396 e. The summed E-state index contributed by atoms with van der Waals surface area (Å²) in [6, 6.07) is 2.91. The van der Waals surface area contributed by atoms with Crippen LogP contribution in [0.4, 0.5) is 19.3 Å². The van der Waals surface area contributed by atoms with Crippen LogP contribution in [-0.4, -0.2) is 37.5 Å². The number of carbonyl (C=O) groups excluding carboxylic acids is 1. The lowest BCUT2D eigenvalue weighted by atomic mass is 9.81. The lowest BCUT2D eigenvalue weighted by Crippen LogP contribution is -2.44. The van der Waals surface area contributed by atoms with Gasteiger partial charge < -0.3 is 20.5 Å². The highest BCUT2D eigenvalue weighted by molar-refractivity contribution is 5.89. The van der Waals surface area contributed by atoms with Crippen LogP contribution in [-0.2, 0) is 4.74 Å². The number of nitrogens with one attached hydrogen (secondary N) is 2. The average molecular weight is 300 g/mol. The van der Waals surface area contributed by atoms with Gasteiger partial charge in [-0.15, -0.1) is 0 Å². The number of amides is 2. The Morgan fingerprint density at radius 3 is 2.71 bits per heavy atom. The molecule has 1 saturated heterocycles. The van der Waals surface area contributed by atoms with E-state index in [1.165, 1.54) is 12.1 Å². The Morgan fingerprint density at radius 1 is 1.33 bits per heavy atom. The molecule has 1 aliphatic heterocycles.